The van der Waals surface area contributed by atoms with Crippen LogP contribution in [0.3, 0.4) is 0 Å². The predicted molar refractivity (Wildman–Crippen MR) is 133 cm³/mol. The summed E-state index contributed by atoms with van der Waals surface area (Å²) < 4.78 is 17.7. The van der Waals surface area contributed by atoms with E-state index in [9.17, 15) is 14.4 Å². The second-order valence-corrected chi connectivity index (χ2v) is 9.22. The second kappa shape index (κ2) is 11.8. The molecule has 1 saturated heterocycles. The number of aliphatic hydroxyl groups excluding tert-OH is 1. The number of ether oxygens (including phenoxy) is 3. The molecule has 3 N–H and O–H groups in total. The average Bonchev–Trinajstić information content (AvgIpc) is 3.35. The molecule has 2 aliphatic rings. The third-order valence-electron chi connectivity index (χ3n) is 5.68. The van der Waals surface area contributed by atoms with Gasteiger partial charge in [0.2, 0.25) is 5.91 Å². The summed E-state index contributed by atoms with van der Waals surface area (Å²) in [5, 5.41) is 14.3. The van der Waals surface area contributed by atoms with E-state index < -0.39 is 24.3 Å². The van der Waals surface area contributed by atoms with Crippen molar-refractivity contribution in [3.8, 4) is 0 Å². The Balaban J connectivity index is 1.40. The zero-order valence-corrected chi connectivity index (χ0v) is 20.9. The molecule has 1 fully saturated rings. The van der Waals surface area contributed by atoms with Crippen molar-refractivity contribution in [1.82, 2.24) is 10.6 Å². The van der Waals surface area contributed by atoms with E-state index in [4.69, 9.17) is 19.3 Å². The van der Waals surface area contributed by atoms with Gasteiger partial charge in [0.15, 0.2) is 0 Å². The highest BCUT2D eigenvalue weighted by Gasteiger charge is 2.42. The number of rotatable bonds is 8. The Kier molecular flexibility index (Phi) is 8.50. The van der Waals surface area contributed by atoms with Gasteiger partial charge in [-0.05, 0) is 58.5 Å². The molecule has 0 spiro atoms. The fraction of sp³-hybridized carbons (Fsp3) is 0.320. The fourth-order valence-corrected chi connectivity index (χ4v) is 4.55. The normalized spacial score (nSPS) is 21.0. The SMILES string of the molecule is O=C(NCc1cccc(C(=O)NCCO)c1)C1=CC2OCOC2C(OC(=O)c2ccccc2I)C1. The van der Waals surface area contributed by atoms with Crippen molar-refractivity contribution in [1.29, 1.82) is 0 Å². The molecule has 35 heavy (non-hydrogen) atoms. The maximum atomic E-state index is 13.0. The minimum absolute atomic E-state index is 0.0583. The largest absolute Gasteiger partial charge is 0.455 e. The van der Waals surface area contributed by atoms with Crippen LogP contribution in [0.15, 0.2) is 60.2 Å². The number of hydrogen-bond acceptors (Lipinski definition) is 7. The van der Waals surface area contributed by atoms with Crippen LogP contribution in [-0.2, 0) is 25.5 Å². The van der Waals surface area contributed by atoms with Crippen molar-refractivity contribution in [3.63, 3.8) is 0 Å². The Labute approximate surface area is 216 Å². The van der Waals surface area contributed by atoms with Crippen molar-refractivity contribution in [2.24, 2.45) is 0 Å². The van der Waals surface area contributed by atoms with E-state index in [0.717, 1.165) is 9.13 Å². The first kappa shape index (κ1) is 25.3. The Bertz CT molecular complexity index is 1140. The number of aliphatic hydroxyl groups is 1. The molecular formula is C25H25IN2O7. The van der Waals surface area contributed by atoms with Crippen LogP contribution in [-0.4, -0.2) is 61.1 Å². The molecule has 0 saturated carbocycles. The van der Waals surface area contributed by atoms with Gasteiger partial charge in [-0.1, -0.05) is 24.3 Å². The summed E-state index contributed by atoms with van der Waals surface area (Å²) in [4.78, 5) is 37.8. The zero-order chi connectivity index (χ0) is 24.8. The van der Waals surface area contributed by atoms with Gasteiger partial charge >= 0.3 is 5.97 Å². The van der Waals surface area contributed by atoms with Crippen molar-refractivity contribution in [3.05, 3.63) is 80.4 Å². The molecule has 0 radical (unpaired) electrons. The molecule has 1 aliphatic heterocycles. The lowest BCUT2D eigenvalue weighted by Gasteiger charge is -2.30. The molecule has 3 unspecified atom stereocenters. The van der Waals surface area contributed by atoms with Gasteiger partial charge in [-0.25, -0.2) is 4.79 Å². The minimum atomic E-state index is -0.671. The topological polar surface area (TPSA) is 123 Å². The molecular weight excluding hydrogens is 567 g/mol. The monoisotopic (exact) mass is 592 g/mol. The fourth-order valence-electron chi connectivity index (χ4n) is 3.94. The molecule has 3 atom stereocenters. The lowest BCUT2D eigenvalue weighted by atomic mass is 9.91. The minimum Gasteiger partial charge on any atom is -0.455 e. The van der Waals surface area contributed by atoms with E-state index in [-0.39, 0.29) is 44.7 Å². The van der Waals surface area contributed by atoms with Gasteiger partial charge in [0, 0.05) is 34.2 Å². The van der Waals surface area contributed by atoms with E-state index >= 15 is 0 Å². The third-order valence-corrected chi connectivity index (χ3v) is 6.62. The maximum absolute atomic E-state index is 13.0. The van der Waals surface area contributed by atoms with Gasteiger partial charge in [-0.2, -0.15) is 0 Å². The molecule has 0 bridgehead atoms. The van der Waals surface area contributed by atoms with Gasteiger partial charge in [-0.3, -0.25) is 9.59 Å². The van der Waals surface area contributed by atoms with E-state index in [1.54, 1.807) is 42.5 Å². The molecule has 0 aromatic heterocycles. The van der Waals surface area contributed by atoms with Gasteiger partial charge < -0.3 is 30.0 Å². The molecule has 10 heteroatoms. The highest BCUT2D eigenvalue weighted by atomic mass is 127. The zero-order valence-electron chi connectivity index (χ0n) is 18.7. The van der Waals surface area contributed by atoms with Crippen molar-refractivity contribution in [2.45, 2.75) is 31.3 Å². The first-order valence-electron chi connectivity index (χ1n) is 11.1. The highest BCUT2D eigenvalue weighted by Crippen LogP contribution is 2.31. The summed E-state index contributed by atoms with van der Waals surface area (Å²) in [6, 6.07) is 14.0. The van der Waals surface area contributed by atoms with Crippen LogP contribution in [0.2, 0.25) is 0 Å². The lowest BCUT2D eigenvalue weighted by molar-refractivity contribution is -0.118. The van der Waals surface area contributed by atoms with Gasteiger partial charge in [0.05, 0.1) is 12.2 Å². The Morgan fingerprint density at radius 3 is 2.69 bits per heavy atom. The second-order valence-electron chi connectivity index (χ2n) is 8.06. The number of carbonyl (C=O) groups excluding carboxylic acids is 3. The number of benzene rings is 2. The highest BCUT2D eigenvalue weighted by molar-refractivity contribution is 14.1. The molecule has 2 aromatic carbocycles. The molecule has 1 aliphatic carbocycles. The summed E-state index contributed by atoms with van der Waals surface area (Å²) >= 11 is 2.08. The summed E-state index contributed by atoms with van der Waals surface area (Å²) in [6.45, 7) is 0.281. The number of halogens is 1. The molecule has 184 valence electrons. The van der Waals surface area contributed by atoms with Gasteiger partial charge in [-0.15, -0.1) is 0 Å². The Morgan fingerprint density at radius 1 is 1.06 bits per heavy atom. The molecule has 9 nitrogen and oxygen atoms in total. The third kappa shape index (κ3) is 6.26. The number of fused-ring (bicyclic) bond motifs is 1. The van der Waals surface area contributed by atoms with Crippen LogP contribution in [0.25, 0.3) is 0 Å². The van der Waals surface area contributed by atoms with Crippen molar-refractivity contribution < 1.29 is 33.7 Å². The Hall–Kier alpha value is -2.80. The standard InChI is InChI=1S/C25H25IN2O7/c26-19-7-2-1-6-18(19)25(32)35-21-12-17(11-20-22(21)34-14-33-20)24(31)28-13-15-4-3-5-16(10-15)23(30)27-8-9-29/h1-7,10-11,20-22,29H,8-9,12-14H2,(H,27,30)(H,28,31). The number of hydrogen-bond donors (Lipinski definition) is 3. The number of carbonyl (C=O) groups is 3. The van der Waals surface area contributed by atoms with Crippen LogP contribution in [0.4, 0.5) is 0 Å². The van der Waals surface area contributed by atoms with Crippen LogP contribution in [0, 0.1) is 3.57 Å². The smallest absolute Gasteiger partial charge is 0.339 e. The number of esters is 1. The molecule has 2 amide bonds. The molecule has 2 aromatic rings. The van der Waals surface area contributed by atoms with Crippen molar-refractivity contribution >= 4 is 40.4 Å². The molecule has 4 rings (SSSR count). The summed E-state index contributed by atoms with van der Waals surface area (Å²) in [5.74, 6) is -1.10. The predicted octanol–water partition coefficient (Wildman–Crippen LogP) is 1.93. The van der Waals surface area contributed by atoms with E-state index in [0.29, 0.717) is 16.7 Å². The van der Waals surface area contributed by atoms with E-state index in [1.165, 1.54) is 0 Å². The van der Waals surface area contributed by atoms with Crippen molar-refractivity contribution in [2.75, 3.05) is 19.9 Å². The summed E-state index contributed by atoms with van der Waals surface area (Å²) in [5.41, 5.74) is 2.07. The van der Waals surface area contributed by atoms with E-state index in [2.05, 4.69) is 33.2 Å². The van der Waals surface area contributed by atoms with Crippen LogP contribution in [0.5, 0.6) is 0 Å². The van der Waals surface area contributed by atoms with Crippen LogP contribution >= 0.6 is 22.6 Å². The van der Waals surface area contributed by atoms with Crippen LogP contribution < -0.4 is 10.6 Å². The molecule has 1 heterocycles. The first-order chi connectivity index (χ1) is 17.0. The van der Waals surface area contributed by atoms with Crippen LogP contribution in [0.1, 0.15) is 32.7 Å². The number of amides is 2. The lowest BCUT2D eigenvalue weighted by Crippen LogP contribution is -2.43. The van der Waals surface area contributed by atoms with Gasteiger partial charge in [0.25, 0.3) is 5.91 Å². The Morgan fingerprint density at radius 2 is 1.89 bits per heavy atom. The average molecular weight is 592 g/mol. The summed E-state index contributed by atoms with van der Waals surface area (Å²) in [7, 11) is 0. The van der Waals surface area contributed by atoms with E-state index in [1.807, 2.05) is 12.1 Å². The summed E-state index contributed by atoms with van der Waals surface area (Å²) in [6.07, 6.45) is 0.259. The quantitative estimate of drug-likeness (QED) is 0.316. The number of nitrogens with one attached hydrogen (secondary N) is 2. The van der Waals surface area contributed by atoms with Gasteiger partial charge in [0.1, 0.15) is 25.1 Å². The maximum Gasteiger partial charge on any atom is 0.339 e. The first-order valence-corrected chi connectivity index (χ1v) is 12.2.